The predicted molar refractivity (Wildman–Crippen MR) is 65.4 cm³/mol. The zero-order valence-electron chi connectivity index (χ0n) is 9.28. The number of fused-ring (bicyclic) bond motifs is 1. The molecule has 1 heterocycles. The van der Waals surface area contributed by atoms with Crippen LogP contribution in [0.5, 0.6) is 0 Å². The Kier molecular flexibility index (Phi) is 3.04. The van der Waals surface area contributed by atoms with Crippen LogP contribution in [0.3, 0.4) is 0 Å². The van der Waals surface area contributed by atoms with Crippen LogP contribution in [0, 0.1) is 21.4 Å². The Labute approximate surface area is 104 Å². The van der Waals surface area contributed by atoms with Gasteiger partial charge in [-0.05, 0) is 12.1 Å². The lowest BCUT2D eigenvalue weighted by atomic mass is 10.1. The Morgan fingerprint density at radius 3 is 2.72 bits per heavy atom. The topological polar surface area (TPSA) is 96.9 Å². The molecule has 0 saturated heterocycles. The van der Waals surface area contributed by atoms with Crippen molar-refractivity contribution in [2.45, 2.75) is 5.03 Å². The summed E-state index contributed by atoms with van der Waals surface area (Å²) in [7, 11) is -1.38. The smallest absolute Gasteiger partial charge is 0.258 e. The van der Waals surface area contributed by atoms with Gasteiger partial charge in [-0.3, -0.25) is 14.3 Å². The molecule has 18 heavy (non-hydrogen) atoms. The van der Waals surface area contributed by atoms with Crippen LogP contribution in [0.4, 0.5) is 5.69 Å². The van der Waals surface area contributed by atoms with E-state index in [4.69, 9.17) is 5.26 Å². The van der Waals surface area contributed by atoms with Gasteiger partial charge in [0.1, 0.15) is 11.1 Å². The number of non-ortho nitro benzene ring substituents is 1. The molecule has 1 unspecified atom stereocenters. The molecule has 1 aromatic carbocycles. The minimum atomic E-state index is -1.38. The van der Waals surface area contributed by atoms with Crippen molar-refractivity contribution < 1.29 is 9.13 Å². The molecular weight excluding hydrogens is 254 g/mol. The molecule has 0 fully saturated rings. The molecule has 0 aliphatic rings. The van der Waals surface area contributed by atoms with Gasteiger partial charge in [-0.25, -0.2) is 4.98 Å². The second kappa shape index (κ2) is 4.50. The van der Waals surface area contributed by atoms with Crippen LogP contribution in [0.2, 0.25) is 0 Å². The number of hydrogen-bond donors (Lipinski definition) is 0. The number of benzene rings is 1. The molecule has 1 aromatic heterocycles. The third-order valence-electron chi connectivity index (χ3n) is 2.37. The van der Waals surface area contributed by atoms with Gasteiger partial charge in [-0.2, -0.15) is 5.26 Å². The number of hydrogen-bond acceptors (Lipinski definition) is 5. The second-order valence-electron chi connectivity index (χ2n) is 3.54. The Balaban J connectivity index is 2.76. The van der Waals surface area contributed by atoms with E-state index in [9.17, 15) is 14.3 Å². The first-order chi connectivity index (χ1) is 8.52. The van der Waals surface area contributed by atoms with Crippen LogP contribution < -0.4 is 0 Å². The van der Waals surface area contributed by atoms with Gasteiger partial charge in [0.15, 0.2) is 0 Å². The molecule has 0 spiro atoms. The number of nitro groups is 1. The normalized spacial score (nSPS) is 12.0. The van der Waals surface area contributed by atoms with E-state index < -0.39 is 15.7 Å². The maximum absolute atomic E-state index is 11.4. The van der Waals surface area contributed by atoms with Crippen molar-refractivity contribution in [1.82, 2.24) is 4.98 Å². The predicted octanol–water partition coefficient (Wildman–Crippen LogP) is 1.75. The number of aromatic nitrogens is 1. The Morgan fingerprint density at radius 2 is 2.17 bits per heavy atom. The fourth-order valence-corrected chi connectivity index (χ4v) is 2.20. The van der Waals surface area contributed by atoms with Crippen molar-refractivity contribution >= 4 is 27.4 Å². The summed E-state index contributed by atoms with van der Waals surface area (Å²) < 4.78 is 11.4. The number of nitriles is 1. The van der Waals surface area contributed by atoms with Crippen molar-refractivity contribution in [1.29, 1.82) is 5.26 Å². The third kappa shape index (κ3) is 2.06. The van der Waals surface area contributed by atoms with Gasteiger partial charge in [-0.15, -0.1) is 0 Å². The molecule has 1 atom stereocenters. The highest BCUT2D eigenvalue weighted by Gasteiger charge is 2.12. The number of pyridine rings is 1. The van der Waals surface area contributed by atoms with Crippen LogP contribution in [0.1, 0.15) is 5.56 Å². The molecule has 7 heteroatoms. The average Bonchev–Trinajstić information content (AvgIpc) is 2.36. The zero-order valence-corrected chi connectivity index (χ0v) is 10.1. The first kappa shape index (κ1) is 12.1. The molecule has 0 radical (unpaired) electrons. The summed E-state index contributed by atoms with van der Waals surface area (Å²) >= 11 is 0. The van der Waals surface area contributed by atoms with Crippen molar-refractivity contribution in [2.24, 2.45) is 0 Å². The highest BCUT2D eigenvalue weighted by atomic mass is 32.2. The number of rotatable bonds is 2. The standard InChI is InChI=1S/C11H7N3O3S/c1-18(17)11-8(6-12)4-7-5-9(14(15)16)2-3-10(7)13-11/h2-5H,1H3. The summed E-state index contributed by atoms with van der Waals surface area (Å²) in [5.74, 6) is 0. The lowest BCUT2D eigenvalue weighted by molar-refractivity contribution is -0.384. The highest BCUT2D eigenvalue weighted by Crippen LogP contribution is 2.22. The van der Waals surface area contributed by atoms with Crippen LogP contribution >= 0.6 is 0 Å². The van der Waals surface area contributed by atoms with E-state index in [1.807, 2.05) is 6.07 Å². The molecule has 90 valence electrons. The quantitative estimate of drug-likeness (QED) is 0.606. The van der Waals surface area contributed by atoms with E-state index in [1.54, 1.807) is 0 Å². The first-order valence-corrected chi connectivity index (χ1v) is 6.41. The minimum absolute atomic E-state index is 0.0708. The Hall–Kier alpha value is -2.33. The molecule has 0 bridgehead atoms. The van der Waals surface area contributed by atoms with Crippen LogP contribution in [0.25, 0.3) is 10.9 Å². The monoisotopic (exact) mass is 261 g/mol. The summed E-state index contributed by atoms with van der Waals surface area (Å²) in [6.45, 7) is 0. The lowest BCUT2D eigenvalue weighted by Crippen LogP contribution is -1.98. The summed E-state index contributed by atoms with van der Waals surface area (Å²) in [4.78, 5) is 14.2. The molecule has 0 N–H and O–H groups in total. The SMILES string of the molecule is CS(=O)c1nc2ccc([N+](=O)[O-])cc2cc1C#N. The Morgan fingerprint density at radius 1 is 1.44 bits per heavy atom. The molecule has 0 saturated carbocycles. The average molecular weight is 261 g/mol. The van der Waals surface area contributed by atoms with Crippen molar-refractivity contribution in [2.75, 3.05) is 6.26 Å². The first-order valence-electron chi connectivity index (χ1n) is 4.85. The van der Waals surface area contributed by atoms with E-state index in [-0.39, 0.29) is 16.3 Å². The van der Waals surface area contributed by atoms with Gasteiger partial charge in [0.25, 0.3) is 5.69 Å². The molecule has 0 aliphatic heterocycles. The second-order valence-corrected chi connectivity index (χ2v) is 4.84. The van der Waals surface area contributed by atoms with Crippen molar-refractivity contribution in [3.63, 3.8) is 0 Å². The zero-order chi connectivity index (χ0) is 13.3. The number of nitro benzene ring substituents is 1. The molecule has 0 aliphatic carbocycles. The van der Waals surface area contributed by atoms with Gasteiger partial charge in [-0.1, -0.05) is 0 Å². The molecule has 0 amide bonds. The van der Waals surface area contributed by atoms with Gasteiger partial charge in [0.2, 0.25) is 0 Å². The summed E-state index contributed by atoms with van der Waals surface area (Å²) in [5.41, 5.74) is 0.576. The number of nitrogens with zero attached hydrogens (tertiary/aromatic N) is 3. The Bertz CT molecular complexity index is 721. The third-order valence-corrected chi connectivity index (χ3v) is 3.22. The molecule has 6 nitrogen and oxygen atoms in total. The molecule has 2 rings (SSSR count). The largest absolute Gasteiger partial charge is 0.270 e. The summed E-state index contributed by atoms with van der Waals surface area (Å²) in [6, 6.07) is 7.50. The maximum Gasteiger partial charge on any atom is 0.270 e. The van der Waals surface area contributed by atoms with Gasteiger partial charge < -0.3 is 0 Å². The summed E-state index contributed by atoms with van der Waals surface area (Å²) in [6.07, 6.45) is 1.43. The molecular formula is C11H7N3O3S. The highest BCUT2D eigenvalue weighted by molar-refractivity contribution is 7.84. The van der Waals surface area contributed by atoms with E-state index in [0.29, 0.717) is 10.9 Å². The van der Waals surface area contributed by atoms with Crippen molar-refractivity contribution in [3.05, 3.63) is 39.9 Å². The van der Waals surface area contributed by atoms with Crippen LogP contribution in [0.15, 0.2) is 29.3 Å². The van der Waals surface area contributed by atoms with E-state index in [1.165, 1.54) is 30.5 Å². The van der Waals surface area contributed by atoms with Crippen LogP contribution in [-0.2, 0) is 10.8 Å². The van der Waals surface area contributed by atoms with Gasteiger partial charge in [0, 0.05) is 23.8 Å². The minimum Gasteiger partial charge on any atom is -0.258 e. The fraction of sp³-hybridized carbons (Fsp3) is 0.0909. The maximum atomic E-state index is 11.4. The van der Waals surface area contributed by atoms with E-state index in [2.05, 4.69) is 4.98 Å². The van der Waals surface area contributed by atoms with Gasteiger partial charge >= 0.3 is 0 Å². The van der Waals surface area contributed by atoms with Crippen molar-refractivity contribution in [3.8, 4) is 6.07 Å². The van der Waals surface area contributed by atoms with Gasteiger partial charge in [0.05, 0.1) is 26.8 Å². The summed E-state index contributed by atoms with van der Waals surface area (Å²) in [5, 5.41) is 20.3. The van der Waals surface area contributed by atoms with E-state index >= 15 is 0 Å². The fourth-order valence-electron chi connectivity index (χ4n) is 1.56. The van der Waals surface area contributed by atoms with Crippen LogP contribution in [-0.4, -0.2) is 20.4 Å². The van der Waals surface area contributed by atoms with E-state index in [0.717, 1.165) is 0 Å². The molecule has 2 aromatic rings. The lowest BCUT2D eigenvalue weighted by Gasteiger charge is -2.02.